The molecule has 1 aliphatic rings. The van der Waals surface area contributed by atoms with Crippen molar-refractivity contribution in [1.29, 1.82) is 5.26 Å². The third-order valence-corrected chi connectivity index (χ3v) is 3.20. The molecule has 0 aliphatic heterocycles. The topological polar surface area (TPSA) is 27.0 Å². The second-order valence-electron chi connectivity index (χ2n) is 4.93. The minimum absolute atomic E-state index is 0.306. The predicted octanol–water partition coefficient (Wildman–Crippen LogP) is 2.80. The van der Waals surface area contributed by atoms with Crippen LogP contribution >= 0.6 is 0 Å². The van der Waals surface area contributed by atoms with Gasteiger partial charge in [0.05, 0.1) is 6.07 Å². The number of rotatable bonds is 3. The van der Waals surface area contributed by atoms with Crippen molar-refractivity contribution in [3.05, 3.63) is 0 Å². The number of hydrogen-bond acceptors (Lipinski definition) is 2. The molecular formula is C12H22N2. The van der Waals surface area contributed by atoms with Crippen molar-refractivity contribution in [1.82, 2.24) is 4.90 Å². The first-order chi connectivity index (χ1) is 6.56. The van der Waals surface area contributed by atoms with E-state index >= 15 is 0 Å². The third kappa shape index (κ3) is 2.48. The number of nitriles is 1. The van der Waals surface area contributed by atoms with E-state index in [4.69, 9.17) is 5.26 Å². The normalized spacial score (nSPS) is 27.6. The van der Waals surface area contributed by atoms with E-state index in [0.717, 1.165) is 12.8 Å². The lowest BCUT2D eigenvalue weighted by atomic mass is 10.1. The quantitative estimate of drug-likeness (QED) is 0.690. The maximum absolute atomic E-state index is 8.87. The molecule has 2 unspecified atom stereocenters. The molecule has 1 rings (SSSR count). The molecule has 0 aromatic carbocycles. The van der Waals surface area contributed by atoms with Gasteiger partial charge in [0.15, 0.2) is 0 Å². The second kappa shape index (κ2) is 4.79. The average molecular weight is 194 g/mol. The zero-order valence-corrected chi connectivity index (χ0v) is 9.83. The van der Waals surface area contributed by atoms with Gasteiger partial charge in [0.1, 0.15) is 0 Å². The maximum atomic E-state index is 8.87. The summed E-state index contributed by atoms with van der Waals surface area (Å²) < 4.78 is 0. The van der Waals surface area contributed by atoms with Crippen molar-refractivity contribution >= 4 is 0 Å². The summed E-state index contributed by atoms with van der Waals surface area (Å²) in [5.41, 5.74) is 0. The SMILES string of the molecule is CC(C)N(C(C)C)C1CCC(C#N)C1. The molecule has 1 aliphatic carbocycles. The van der Waals surface area contributed by atoms with Gasteiger partial charge in [0, 0.05) is 24.0 Å². The van der Waals surface area contributed by atoms with Gasteiger partial charge in [-0.25, -0.2) is 0 Å². The van der Waals surface area contributed by atoms with Crippen molar-refractivity contribution in [3.63, 3.8) is 0 Å². The molecule has 0 heterocycles. The lowest BCUT2D eigenvalue weighted by Gasteiger charge is -2.36. The van der Waals surface area contributed by atoms with Crippen molar-refractivity contribution in [2.75, 3.05) is 0 Å². The molecule has 14 heavy (non-hydrogen) atoms. The molecule has 0 N–H and O–H groups in total. The van der Waals surface area contributed by atoms with E-state index in [1.807, 2.05) is 0 Å². The Morgan fingerprint density at radius 2 is 1.71 bits per heavy atom. The summed E-state index contributed by atoms with van der Waals surface area (Å²) in [7, 11) is 0. The standard InChI is InChI=1S/C12H22N2/c1-9(2)14(10(3)4)12-6-5-11(7-12)8-13/h9-12H,5-7H2,1-4H3. The first-order valence-electron chi connectivity index (χ1n) is 5.73. The van der Waals surface area contributed by atoms with Crippen LogP contribution in [0.3, 0.4) is 0 Å². The summed E-state index contributed by atoms with van der Waals surface area (Å²) in [5, 5.41) is 8.87. The van der Waals surface area contributed by atoms with Crippen LogP contribution in [0.1, 0.15) is 47.0 Å². The molecule has 0 aromatic rings. The molecule has 0 bridgehead atoms. The third-order valence-electron chi connectivity index (χ3n) is 3.20. The predicted molar refractivity (Wildman–Crippen MR) is 58.9 cm³/mol. The number of hydrogen-bond donors (Lipinski definition) is 0. The zero-order valence-electron chi connectivity index (χ0n) is 9.83. The van der Waals surface area contributed by atoms with Crippen LogP contribution in [-0.2, 0) is 0 Å². The molecule has 80 valence electrons. The Morgan fingerprint density at radius 3 is 2.07 bits per heavy atom. The van der Waals surface area contributed by atoms with Crippen LogP contribution in [0.4, 0.5) is 0 Å². The fourth-order valence-electron chi connectivity index (χ4n) is 2.79. The first kappa shape index (κ1) is 11.5. The molecule has 1 fully saturated rings. The molecule has 1 saturated carbocycles. The van der Waals surface area contributed by atoms with E-state index in [-0.39, 0.29) is 0 Å². The Bertz CT molecular complexity index is 207. The molecule has 2 nitrogen and oxygen atoms in total. The van der Waals surface area contributed by atoms with Gasteiger partial charge >= 0.3 is 0 Å². The lowest BCUT2D eigenvalue weighted by molar-refractivity contribution is 0.114. The van der Waals surface area contributed by atoms with Crippen molar-refractivity contribution in [2.24, 2.45) is 5.92 Å². The van der Waals surface area contributed by atoms with Crippen LogP contribution in [-0.4, -0.2) is 23.0 Å². The molecular weight excluding hydrogens is 172 g/mol. The van der Waals surface area contributed by atoms with Crippen LogP contribution in [0.25, 0.3) is 0 Å². The largest absolute Gasteiger partial charge is 0.296 e. The molecule has 0 radical (unpaired) electrons. The highest BCUT2D eigenvalue weighted by molar-refractivity contribution is 4.94. The first-order valence-corrected chi connectivity index (χ1v) is 5.73. The summed E-state index contributed by atoms with van der Waals surface area (Å²) in [5.74, 6) is 0.306. The van der Waals surface area contributed by atoms with Gasteiger partial charge in [0.2, 0.25) is 0 Å². The maximum Gasteiger partial charge on any atom is 0.0656 e. The van der Waals surface area contributed by atoms with E-state index < -0.39 is 0 Å². The molecule has 0 amide bonds. The van der Waals surface area contributed by atoms with Crippen LogP contribution in [0, 0.1) is 17.2 Å². The van der Waals surface area contributed by atoms with Crippen LogP contribution in [0.15, 0.2) is 0 Å². The minimum atomic E-state index is 0.306. The summed E-state index contributed by atoms with van der Waals surface area (Å²) in [6.07, 6.45) is 3.37. The lowest BCUT2D eigenvalue weighted by Crippen LogP contribution is -2.43. The summed E-state index contributed by atoms with van der Waals surface area (Å²) in [4.78, 5) is 2.55. The fraction of sp³-hybridized carbons (Fsp3) is 0.917. The van der Waals surface area contributed by atoms with Crippen molar-refractivity contribution < 1.29 is 0 Å². The fourth-order valence-corrected chi connectivity index (χ4v) is 2.79. The van der Waals surface area contributed by atoms with Gasteiger partial charge in [-0.2, -0.15) is 5.26 Å². The van der Waals surface area contributed by atoms with Crippen LogP contribution < -0.4 is 0 Å². The summed E-state index contributed by atoms with van der Waals surface area (Å²) >= 11 is 0. The molecule has 0 spiro atoms. The zero-order chi connectivity index (χ0) is 10.7. The number of nitrogens with zero attached hydrogens (tertiary/aromatic N) is 2. The van der Waals surface area contributed by atoms with Gasteiger partial charge in [-0.05, 0) is 47.0 Å². The van der Waals surface area contributed by atoms with Gasteiger partial charge in [-0.3, -0.25) is 4.90 Å². The molecule has 2 heteroatoms. The summed E-state index contributed by atoms with van der Waals surface area (Å²) in [6.45, 7) is 9.00. The van der Waals surface area contributed by atoms with Crippen LogP contribution in [0.2, 0.25) is 0 Å². The highest BCUT2D eigenvalue weighted by Gasteiger charge is 2.31. The van der Waals surface area contributed by atoms with Crippen LogP contribution in [0.5, 0.6) is 0 Å². The molecule has 0 aromatic heterocycles. The Morgan fingerprint density at radius 1 is 1.14 bits per heavy atom. The van der Waals surface area contributed by atoms with Gasteiger partial charge in [-0.1, -0.05) is 0 Å². The smallest absolute Gasteiger partial charge is 0.0656 e. The van der Waals surface area contributed by atoms with Gasteiger partial charge < -0.3 is 0 Å². The summed E-state index contributed by atoms with van der Waals surface area (Å²) in [6, 6.07) is 4.23. The van der Waals surface area contributed by atoms with Gasteiger partial charge in [0.25, 0.3) is 0 Å². The van der Waals surface area contributed by atoms with E-state index in [1.54, 1.807) is 0 Å². The second-order valence-corrected chi connectivity index (χ2v) is 4.93. The molecule has 0 saturated heterocycles. The Balaban J connectivity index is 2.59. The van der Waals surface area contributed by atoms with E-state index in [9.17, 15) is 0 Å². The van der Waals surface area contributed by atoms with Crippen molar-refractivity contribution in [2.45, 2.75) is 65.1 Å². The van der Waals surface area contributed by atoms with E-state index in [0.29, 0.717) is 24.0 Å². The van der Waals surface area contributed by atoms with E-state index in [2.05, 4.69) is 38.7 Å². The Labute approximate surface area is 87.9 Å². The van der Waals surface area contributed by atoms with Gasteiger partial charge in [-0.15, -0.1) is 0 Å². The monoisotopic (exact) mass is 194 g/mol. The van der Waals surface area contributed by atoms with E-state index in [1.165, 1.54) is 6.42 Å². The Kier molecular flexibility index (Phi) is 3.95. The minimum Gasteiger partial charge on any atom is -0.296 e. The van der Waals surface area contributed by atoms with Crippen molar-refractivity contribution in [3.8, 4) is 6.07 Å². The Hall–Kier alpha value is -0.550. The molecule has 2 atom stereocenters. The highest BCUT2D eigenvalue weighted by Crippen LogP contribution is 2.31. The highest BCUT2D eigenvalue weighted by atomic mass is 15.2. The average Bonchev–Trinajstić information content (AvgIpc) is 2.51.